The number of benzene rings is 1. The molecule has 3 aromatic rings. The lowest BCUT2D eigenvalue weighted by molar-refractivity contribution is -0.138. The van der Waals surface area contributed by atoms with Gasteiger partial charge in [-0.15, -0.1) is 0 Å². The normalized spacial score (nSPS) is 24.1. The number of nitrogens with one attached hydrogen (secondary N) is 1. The van der Waals surface area contributed by atoms with Crippen LogP contribution >= 0.6 is 0 Å². The smallest absolute Gasteiger partial charge is 0.419 e. The van der Waals surface area contributed by atoms with Crippen LogP contribution in [0.1, 0.15) is 30.2 Å². The molecule has 1 saturated carbocycles. The van der Waals surface area contributed by atoms with E-state index in [4.69, 9.17) is 4.42 Å². The van der Waals surface area contributed by atoms with Crippen LogP contribution in [0.4, 0.5) is 23.5 Å². The number of aliphatic hydroxyl groups excluding tert-OH is 1. The number of aliphatic hydroxyl groups is 1. The summed E-state index contributed by atoms with van der Waals surface area (Å²) in [4.78, 5) is 13.4. The van der Waals surface area contributed by atoms with Crippen molar-refractivity contribution in [3.05, 3.63) is 60.0 Å². The van der Waals surface area contributed by atoms with Gasteiger partial charge in [-0.25, -0.2) is 19.3 Å². The average Bonchev–Trinajstić information content (AvgIpc) is 3.50. The molecular formula is C21H19F4N5O2. The van der Waals surface area contributed by atoms with Crippen LogP contribution < -0.4 is 5.32 Å². The Morgan fingerprint density at radius 3 is 2.59 bits per heavy atom. The maximum atomic E-state index is 14.8. The quantitative estimate of drug-likeness (QED) is 0.572. The largest absolute Gasteiger partial charge is 0.445 e. The zero-order chi connectivity index (χ0) is 22.5. The Balaban J connectivity index is 1.37. The van der Waals surface area contributed by atoms with Crippen LogP contribution in [-0.4, -0.2) is 43.6 Å². The van der Waals surface area contributed by atoms with Gasteiger partial charge < -0.3 is 14.8 Å². The Labute approximate surface area is 180 Å². The lowest BCUT2D eigenvalue weighted by atomic mass is 10.0. The highest BCUT2D eigenvalue weighted by Crippen LogP contribution is 2.44. The molecule has 3 heterocycles. The summed E-state index contributed by atoms with van der Waals surface area (Å²) in [5.74, 6) is -0.0443. The van der Waals surface area contributed by atoms with Crippen LogP contribution in [0.15, 0.2) is 47.5 Å². The van der Waals surface area contributed by atoms with Gasteiger partial charge in [-0.2, -0.15) is 13.2 Å². The lowest BCUT2D eigenvalue weighted by Gasteiger charge is -2.37. The lowest BCUT2D eigenvalue weighted by Crippen LogP contribution is -2.47. The molecule has 168 valence electrons. The van der Waals surface area contributed by atoms with Gasteiger partial charge in [-0.3, -0.25) is 4.90 Å². The molecule has 11 heteroatoms. The minimum Gasteiger partial charge on any atom is -0.445 e. The van der Waals surface area contributed by atoms with Crippen molar-refractivity contribution in [1.29, 1.82) is 0 Å². The molecule has 4 atom stereocenters. The molecule has 7 nitrogen and oxygen atoms in total. The number of piperidine rings is 1. The van der Waals surface area contributed by atoms with Crippen molar-refractivity contribution in [2.75, 3.05) is 11.9 Å². The molecule has 2 N–H and O–H groups in total. The zero-order valence-electron chi connectivity index (χ0n) is 16.6. The summed E-state index contributed by atoms with van der Waals surface area (Å²) in [5.41, 5.74) is -0.487. The monoisotopic (exact) mass is 449 g/mol. The van der Waals surface area contributed by atoms with Crippen LogP contribution in [0.3, 0.4) is 0 Å². The van der Waals surface area contributed by atoms with Crippen LogP contribution in [-0.2, 0) is 6.18 Å². The number of alkyl halides is 3. The van der Waals surface area contributed by atoms with Gasteiger partial charge in [0.05, 0.1) is 11.8 Å². The number of aromatic nitrogens is 3. The number of anilines is 1. The Kier molecular flexibility index (Phi) is 5.09. The Morgan fingerprint density at radius 1 is 1.16 bits per heavy atom. The number of hydrogen-bond donors (Lipinski definition) is 2. The molecule has 1 aliphatic heterocycles. The van der Waals surface area contributed by atoms with E-state index in [1.165, 1.54) is 24.6 Å². The number of halogens is 4. The minimum absolute atomic E-state index is 0.0760. The van der Waals surface area contributed by atoms with Gasteiger partial charge in [-0.05, 0) is 30.9 Å². The first-order chi connectivity index (χ1) is 15.3. The van der Waals surface area contributed by atoms with E-state index in [9.17, 15) is 22.7 Å². The van der Waals surface area contributed by atoms with E-state index >= 15 is 0 Å². The highest BCUT2D eigenvalue weighted by molar-refractivity contribution is 5.59. The van der Waals surface area contributed by atoms with E-state index in [2.05, 4.69) is 20.3 Å². The second kappa shape index (κ2) is 7.82. The second-order valence-corrected chi connectivity index (χ2v) is 8.06. The van der Waals surface area contributed by atoms with Crippen molar-refractivity contribution in [1.82, 2.24) is 19.9 Å². The molecule has 0 spiro atoms. The van der Waals surface area contributed by atoms with E-state index in [0.29, 0.717) is 12.1 Å². The number of fused-ring (bicyclic) bond motifs is 2. The van der Waals surface area contributed by atoms with Crippen LogP contribution in [0.25, 0.3) is 11.5 Å². The second-order valence-electron chi connectivity index (χ2n) is 8.06. The topological polar surface area (TPSA) is 87.3 Å². The molecule has 1 saturated heterocycles. The average molecular weight is 449 g/mol. The molecule has 3 unspecified atom stereocenters. The SMILES string of the molecule is O[C@H](c1c(F)cccc1-c1ncco1)N1CC2CC(Nc3ncc(C(F)(F)F)cn3)C1C2. The predicted molar refractivity (Wildman–Crippen MR) is 105 cm³/mol. The van der Waals surface area contributed by atoms with Gasteiger partial charge in [0.15, 0.2) is 0 Å². The van der Waals surface area contributed by atoms with Crippen molar-refractivity contribution in [2.45, 2.75) is 37.3 Å². The Morgan fingerprint density at radius 2 is 1.94 bits per heavy atom. The van der Waals surface area contributed by atoms with Crippen molar-refractivity contribution in [3.8, 4) is 11.5 Å². The molecular weight excluding hydrogens is 430 g/mol. The third-order valence-corrected chi connectivity index (χ3v) is 6.10. The molecule has 1 aromatic carbocycles. The van der Waals surface area contributed by atoms with Crippen LogP contribution in [0.2, 0.25) is 0 Å². The van der Waals surface area contributed by atoms with Gasteiger partial charge >= 0.3 is 6.18 Å². The fourth-order valence-electron chi connectivity index (χ4n) is 4.73. The third-order valence-electron chi connectivity index (χ3n) is 6.10. The van der Waals surface area contributed by atoms with Gasteiger partial charge in [0.1, 0.15) is 18.3 Å². The third kappa shape index (κ3) is 3.71. The van der Waals surface area contributed by atoms with Crippen molar-refractivity contribution < 1.29 is 27.1 Å². The summed E-state index contributed by atoms with van der Waals surface area (Å²) in [6.45, 7) is 0.567. The fraction of sp³-hybridized carbons (Fsp3) is 0.381. The number of rotatable bonds is 5. The first-order valence-corrected chi connectivity index (χ1v) is 10.1. The van der Waals surface area contributed by atoms with E-state index < -0.39 is 23.8 Å². The molecule has 2 fully saturated rings. The predicted octanol–water partition coefficient (Wildman–Crippen LogP) is 3.86. The van der Waals surface area contributed by atoms with Gasteiger partial charge in [0.2, 0.25) is 11.8 Å². The molecule has 2 aliphatic rings. The molecule has 2 bridgehead atoms. The first kappa shape index (κ1) is 20.8. The fourth-order valence-corrected chi connectivity index (χ4v) is 4.73. The Hall–Kier alpha value is -3.05. The Bertz CT molecular complexity index is 1090. The van der Waals surface area contributed by atoms with E-state index in [0.717, 1.165) is 25.2 Å². The van der Waals surface area contributed by atoms with Crippen molar-refractivity contribution in [3.63, 3.8) is 0 Å². The van der Waals surface area contributed by atoms with Crippen LogP contribution in [0.5, 0.6) is 0 Å². The number of hydrogen-bond acceptors (Lipinski definition) is 7. The number of oxazole rings is 1. The highest BCUT2D eigenvalue weighted by Gasteiger charge is 2.48. The van der Waals surface area contributed by atoms with Gasteiger partial charge in [-0.1, -0.05) is 6.07 Å². The number of nitrogens with zero attached hydrogens (tertiary/aromatic N) is 4. The summed E-state index contributed by atoms with van der Waals surface area (Å²) in [7, 11) is 0. The molecule has 1 aliphatic carbocycles. The van der Waals surface area contributed by atoms with E-state index in [1.807, 2.05) is 0 Å². The maximum Gasteiger partial charge on any atom is 0.419 e. The maximum absolute atomic E-state index is 14.8. The van der Waals surface area contributed by atoms with Gasteiger partial charge in [0, 0.05) is 42.1 Å². The van der Waals surface area contributed by atoms with E-state index in [1.54, 1.807) is 11.0 Å². The number of likely N-dealkylation sites (tertiary alicyclic amines) is 1. The molecule has 32 heavy (non-hydrogen) atoms. The molecule has 5 rings (SSSR count). The summed E-state index contributed by atoms with van der Waals surface area (Å²) in [6, 6.07) is 4.06. The van der Waals surface area contributed by atoms with Gasteiger partial charge in [0.25, 0.3) is 0 Å². The summed E-state index contributed by atoms with van der Waals surface area (Å²) < 4.78 is 58.3. The standard InChI is InChI=1S/C21H19F4N5O2/c22-14-3-1-2-13(18-26-4-5-32-18)17(14)19(31)30-10-11-6-15(16(30)7-11)29-20-27-8-12(9-28-20)21(23,24)25/h1-5,8-9,11,15-16,19,31H,6-7,10H2,(H,27,28,29)/t11?,15?,16?,19-/m1/s1. The summed E-state index contributed by atoms with van der Waals surface area (Å²) in [6.07, 6.45) is 0.0446. The summed E-state index contributed by atoms with van der Waals surface area (Å²) >= 11 is 0. The molecule has 0 amide bonds. The highest BCUT2D eigenvalue weighted by atomic mass is 19.4. The van der Waals surface area contributed by atoms with E-state index in [-0.39, 0.29) is 35.4 Å². The molecule has 2 aromatic heterocycles. The first-order valence-electron chi connectivity index (χ1n) is 10.1. The summed E-state index contributed by atoms with van der Waals surface area (Å²) in [5, 5.41) is 14.2. The van der Waals surface area contributed by atoms with Crippen molar-refractivity contribution >= 4 is 5.95 Å². The van der Waals surface area contributed by atoms with Crippen LogP contribution in [0, 0.1) is 11.7 Å². The molecule has 0 radical (unpaired) electrons. The minimum atomic E-state index is -4.51. The van der Waals surface area contributed by atoms with Crippen molar-refractivity contribution in [2.24, 2.45) is 5.92 Å². The zero-order valence-corrected chi connectivity index (χ0v) is 16.6.